The number of rotatable bonds is 3. The van der Waals surface area contributed by atoms with Crippen molar-refractivity contribution < 1.29 is 14.0 Å². The van der Waals surface area contributed by atoms with E-state index < -0.39 is 11.5 Å². The molecule has 1 N–H and O–H groups in total. The van der Waals surface area contributed by atoms with Gasteiger partial charge in [-0.3, -0.25) is 9.59 Å². The van der Waals surface area contributed by atoms with E-state index in [1.165, 1.54) is 6.07 Å². The minimum absolute atomic E-state index is 0.0425. The summed E-state index contributed by atoms with van der Waals surface area (Å²) in [7, 11) is 0. The second-order valence-electron chi connectivity index (χ2n) is 8.63. The minimum Gasteiger partial charge on any atom is -0.422 e. The summed E-state index contributed by atoms with van der Waals surface area (Å²) in [6, 6.07) is 13.8. The summed E-state index contributed by atoms with van der Waals surface area (Å²) >= 11 is 0. The van der Waals surface area contributed by atoms with Gasteiger partial charge in [0.05, 0.1) is 0 Å². The normalized spacial score (nSPS) is 18.7. The summed E-state index contributed by atoms with van der Waals surface area (Å²) in [6.45, 7) is 7.63. The molecule has 2 heterocycles. The number of piperidine rings is 1. The van der Waals surface area contributed by atoms with Crippen LogP contribution in [-0.2, 0) is 0 Å². The van der Waals surface area contributed by atoms with Crippen LogP contribution in [0.1, 0.15) is 46.5 Å². The van der Waals surface area contributed by atoms with E-state index >= 15 is 0 Å². The van der Waals surface area contributed by atoms with Crippen molar-refractivity contribution in [1.29, 1.82) is 0 Å². The second-order valence-corrected chi connectivity index (χ2v) is 8.63. The Kier molecular flexibility index (Phi) is 5.63. The van der Waals surface area contributed by atoms with Crippen molar-refractivity contribution in [2.24, 2.45) is 11.8 Å². The smallest absolute Gasteiger partial charge is 0.349 e. The van der Waals surface area contributed by atoms with Crippen LogP contribution in [0.5, 0.6) is 0 Å². The van der Waals surface area contributed by atoms with Gasteiger partial charge in [-0.1, -0.05) is 38.1 Å². The fraction of sp³-hybridized carbons (Fsp3) is 0.320. The number of benzene rings is 2. The van der Waals surface area contributed by atoms with E-state index in [0.717, 1.165) is 25.1 Å². The lowest BCUT2D eigenvalue weighted by Gasteiger charge is -2.35. The number of para-hydroxylation sites is 1. The van der Waals surface area contributed by atoms with E-state index in [4.69, 9.17) is 4.42 Å². The van der Waals surface area contributed by atoms with Gasteiger partial charge in [-0.05, 0) is 55.0 Å². The van der Waals surface area contributed by atoms with Gasteiger partial charge in [-0.25, -0.2) is 4.79 Å². The molecule has 2 atom stereocenters. The lowest BCUT2D eigenvalue weighted by molar-refractivity contribution is 0.0623. The van der Waals surface area contributed by atoms with Crippen molar-refractivity contribution in [3.8, 4) is 0 Å². The molecule has 6 heteroatoms. The number of aryl methyl sites for hydroxylation is 1. The summed E-state index contributed by atoms with van der Waals surface area (Å²) < 4.78 is 5.27. The van der Waals surface area contributed by atoms with Gasteiger partial charge in [0, 0.05) is 29.7 Å². The van der Waals surface area contributed by atoms with E-state index in [2.05, 4.69) is 19.2 Å². The summed E-state index contributed by atoms with van der Waals surface area (Å²) in [5, 5.41) is 3.45. The number of hydrogen-bond acceptors (Lipinski definition) is 4. The maximum atomic E-state index is 13.1. The maximum absolute atomic E-state index is 13.1. The molecule has 160 valence electrons. The number of nitrogens with zero attached hydrogens (tertiary/aromatic N) is 1. The summed E-state index contributed by atoms with van der Waals surface area (Å²) in [6.07, 6.45) is 1.12. The Balaban J connectivity index is 1.59. The van der Waals surface area contributed by atoms with Crippen molar-refractivity contribution in [3.63, 3.8) is 0 Å². The number of hydrogen-bond donors (Lipinski definition) is 1. The Bertz CT molecular complexity index is 1200. The third-order valence-electron chi connectivity index (χ3n) is 5.77. The van der Waals surface area contributed by atoms with Crippen LogP contribution < -0.4 is 10.9 Å². The molecule has 0 spiro atoms. The second kappa shape index (κ2) is 8.38. The lowest BCUT2D eigenvalue weighted by Crippen LogP contribution is -2.42. The average molecular weight is 418 g/mol. The van der Waals surface area contributed by atoms with Crippen molar-refractivity contribution >= 4 is 28.5 Å². The number of amides is 2. The molecule has 6 nitrogen and oxygen atoms in total. The number of nitrogens with one attached hydrogen (secondary N) is 1. The highest BCUT2D eigenvalue weighted by molar-refractivity contribution is 6.06. The van der Waals surface area contributed by atoms with Gasteiger partial charge < -0.3 is 14.6 Å². The quantitative estimate of drug-likeness (QED) is 0.637. The number of fused-ring (bicyclic) bond motifs is 1. The zero-order valence-electron chi connectivity index (χ0n) is 18.0. The highest BCUT2D eigenvalue weighted by Crippen LogP contribution is 2.25. The molecule has 1 aliphatic heterocycles. The van der Waals surface area contributed by atoms with Gasteiger partial charge in [0.25, 0.3) is 11.8 Å². The Morgan fingerprint density at radius 1 is 1.03 bits per heavy atom. The molecule has 0 saturated carbocycles. The minimum atomic E-state index is -0.697. The molecular formula is C25H26N2O4. The Hall–Kier alpha value is -3.41. The van der Waals surface area contributed by atoms with E-state index in [1.807, 2.05) is 24.0 Å². The van der Waals surface area contributed by atoms with Crippen LogP contribution in [0, 0.1) is 18.8 Å². The predicted molar refractivity (Wildman–Crippen MR) is 120 cm³/mol. The van der Waals surface area contributed by atoms with E-state index in [9.17, 15) is 14.4 Å². The number of anilines is 1. The largest absolute Gasteiger partial charge is 0.422 e. The summed E-state index contributed by atoms with van der Waals surface area (Å²) in [5.41, 5.74) is 1.48. The van der Waals surface area contributed by atoms with Crippen LogP contribution in [0.15, 0.2) is 57.7 Å². The molecule has 0 radical (unpaired) electrons. The lowest BCUT2D eigenvalue weighted by atomic mass is 9.91. The first kappa shape index (κ1) is 20.8. The van der Waals surface area contributed by atoms with Gasteiger partial charge in [-0.15, -0.1) is 0 Å². The zero-order chi connectivity index (χ0) is 22.1. The van der Waals surface area contributed by atoms with Crippen LogP contribution in [0.4, 0.5) is 5.69 Å². The predicted octanol–water partition coefficient (Wildman–Crippen LogP) is 4.47. The number of carbonyl (C=O) groups excluding carboxylic acids is 2. The van der Waals surface area contributed by atoms with E-state index in [0.29, 0.717) is 34.1 Å². The summed E-state index contributed by atoms with van der Waals surface area (Å²) in [5.74, 6) is 0.320. The van der Waals surface area contributed by atoms with Gasteiger partial charge in [0.1, 0.15) is 11.1 Å². The average Bonchev–Trinajstić information content (AvgIpc) is 2.73. The molecule has 2 amide bonds. The monoisotopic (exact) mass is 418 g/mol. The third-order valence-corrected chi connectivity index (χ3v) is 5.77. The molecule has 3 aromatic rings. The Labute approximate surface area is 180 Å². The molecule has 4 rings (SSSR count). The first-order chi connectivity index (χ1) is 14.8. The molecule has 1 saturated heterocycles. The summed E-state index contributed by atoms with van der Waals surface area (Å²) in [4.78, 5) is 40.1. The van der Waals surface area contributed by atoms with Gasteiger partial charge in [0.15, 0.2) is 0 Å². The van der Waals surface area contributed by atoms with Crippen molar-refractivity contribution in [1.82, 2.24) is 4.90 Å². The molecule has 1 fully saturated rings. The van der Waals surface area contributed by atoms with Crippen LogP contribution >= 0.6 is 0 Å². The third kappa shape index (κ3) is 4.38. The van der Waals surface area contributed by atoms with Gasteiger partial charge in [-0.2, -0.15) is 0 Å². The fourth-order valence-electron chi connectivity index (χ4n) is 4.31. The molecule has 0 bridgehead atoms. The molecule has 31 heavy (non-hydrogen) atoms. The fourth-order valence-corrected chi connectivity index (χ4v) is 4.31. The van der Waals surface area contributed by atoms with Crippen molar-refractivity contribution in [3.05, 3.63) is 75.6 Å². The van der Waals surface area contributed by atoms with Crippen molar-refractivity contribution in [2.45, 2.75) is 27.2 Å². The van der Waals surface area contributed by atoms with Crippen LogP contribution in [0.2, 0.25) is 0 Å². The first-order valence-electron chi connectivity index (χ1n) is 10.6. The number of likely N-dealkylation sites (tertiary alicyclic amines) is 1. The SMILES string of the molecule is Cc1ccc(C(=O)N2CC(C)CC(C)C2)cc1NC(=O)c1cc2ccccc2oc1=O. The highest BCUT2D eigenvalue weighted by Gasteiger charge is 2.26. The standard InChI is InChI=1S/C25H26N2O4/c1-15-10-16(2)14-27(13-15)24(29)19-9-8-17(3)21(12-19)26-23(28)20-11-18-6-4-5-7-22(18)31-25(20)30/h4-9,11-12,15-16H,10,13-14H2,1-3H3,(H,26,28). The first-order valence-corrected chi connectivity index (χ1v) is 10.6. The van der Waals surface area contributed by atoms with Crippen molar-refractivity contribution in [2.75, 3.05) is 18.4 Å². The topological polar surface area (TPSA) is 79.6 Å². The van der Waals surface area contributed by atoms with Gasteiger partial charge >= 0.3 is 5.63 Å². The molecule has 1 aliphatic rings. The molecule has 2 aromatic carbocycles. The molecule has 2 unspecified atom stereocenters. The Morgan fingerprint density at radius 2 is 1.74 bits per heavy atom. The van der Waals surface area contributed by atoms with Crippen LogP contribution in [0.25, 0.3) is 11.0 Å². The number of carbonyl (C=O) groups is 2. The highest BCUT2D eigenvalue weighted by atomic mass is 16.4. The Morgan fingerprint density at radius 3 is 2.48 bits per heavy atom. The van der Waals surface area contributed by atoms with E-state index in [-0.39, 0.29) is 11.5 Å². The maximum Gasteiger partial charge on any atom is 0.349 e. The van der Waals surface area contributed by atoms with Crippen LogP contribution in [0.3, 0.4) is 0 Å². The van der Waals surface area contributed by atoms with E-state index in [1.54, 1.807) is 30.3 Å². The molecule has 0 aliphatic carbocycles. The molecule has 1 aromatic heterocycles. The van der Waals surface area contributed by atoms with Crippen LogP contribution in [-0.4, -0.2) is 29.8 Å². The zero-order valence-corrected chi connectivity index (χ0v) is 18.0. The van der Waals surface area contributed by atoms with Gasteiger partial charge in [0.2, 0.25) is 0 Å². The molecular weight excluding hydrogens is 392 g/mol.